The van der Waals surface area contributed by atoms with Gasteiger partial charge in [-0.3, -0.25) is 4.79 Å². The lowest BCUT2D eigenvalue weighted by Crippen LogP contribution is -2.37. The van der Waals surface area contributed by atoms with Crippen LogP contribution in [0.1, 0.15) is 25.7 Å². The van der Waals surface area contributed by atoms with Crippen LogP contribution in [0.3, 0.4) is 0 Å². The fourth-order valence-electron chi connectivity index (χ4n) is 2.73. The highest BCUT2D eigenvalue weighted by atomic mass is 32.2. The van der Waals surface area contributed by atoms with Gasteiger partial charge in [-0.05, 0) is 30.9 Å². The molecule has 1 aromatic rings. The van der Waals surface area contributed by atoms with E-state index in [0.29, 0.717) is 12.8 Å². The summed E-state index contributed by atoms with van der Waals surface area (Å²) >= 11 is 0. The summed E-state index contributed by atoms with van der Waals surface area (Å²) in [5.74, 6) is -2.51. The molecule has 2 rings (SSSR count). The monoisotopic (exact) mass is 315 g/mol. The van der Waals surface area contributed by atoms with Crippen molar-refractivity contribution in [3.63, 3.8) is 0 Å². The maximum absolute atomic E-state index is 13.5. The van der Waals surface area contributed by atoms with Gasteiger partial charge in [0.25, 0.3) is 0 Å². The van der Waals surface area contributed by atoms with Crippen molar-refractivity contribution in [2.24, 2.45) is 11.8 Å². The van der Waals surface area contributed by atoms with E-state index in [1.807, 2.05) is 0 Å². The first-order valence-electron chi connectivity index (χ1n) is 6.89. The predicted octanol–water partition coefficient (Wildman–Crippen LogP) is 2.00. The van der Waals surface area contributed by atoms with Crippen molar-refractivity contribution in [1.29, 1.82) is 0 Å². The molecule has 0 aliphatic heterocycles. The number of carboxylic acids is 1. The quantitative estimate of drug-likeness (QED) is 0.870. The molecule has 0 aromatic heterocycles. The van der Waals surface area contributed by atoms with Gasteiger partial charge in [-0.2, -0.15) is 0 Å². The third-order valence-corrected chi connectivity index (χ3v) is 5.34. The zero-order valence-corrected chi connectivity index (χ0v) is 12.3. The topological polar surface area (TPSA) is 83.5 Å². The van der Waals surface area contributed by atoms with Crippen LogP contribution in [0.5, 0.6) is 0 Å². The Morgan fingerprint density at radius 2 is 1.95 bits per heavy atom. The molecule has 0 radical (unpaired) electrons. The van der Waals surface area contributed by atoms with Gasteiger partial charge in [0.15, 0.2) is 0 Å². The molecule has 1 aliphatic rings. The summed E-state index contributed by atoms with van der Waals surface area (Å²) in [4.78, 5) is 10.8. The Labute approximate surface area is 123 Å². The lowest BCUT2D eigenvalue weighted by atomic mass is 9.79. The number of rotatable bonds is 5. The number of nitrogens with one attached hydrogen (secondary N) is 1. The summed E-state index contributed by atoms with van der Waals surface area (Å²) in [5, 5.41) is 9.16. The number of halogens is 1. The van der Waals surface area contributed by atoms with Gasteiger partial charge in [-0.25, -0.2) is 17.5 Å². The first-order valence-corrected chi connectivity index (χ1v) is 8.37. The van der Waals surface area contributed by atoms with Crippen LogP contribution in [-0.2, 0) is 14.8 Å². The molecule has 116 valence electrons. The van der Waals surface area contributed by atoms with Gasteiger partial charge in [-0.1, -0.05) is 25.0 Å². The van der Waals surface area contributed by atoms with Gasteiger partial charge < -0.3 is 5.11 Å². The Kier molecular flexibility index (Phi) is 4.95. The Bertz CT molecular complexity index is 617. The van der Waals surface area contributed by atoms with Crippen molar-refractivity contribution in [2.45, 2.75) is 30.6 Å². The van der Waals surface area contributed by atoms with E-state index in [0.717, 1.165) is 18.9 Å². The SMILES string of the molecule is O=C(O)C1CCCCC1CNS(=O)(=O)c1ccccc1F. The van der Waals surface area contributed by atoms with E-state index >= 15 is 0 Å². The first kappa shape index (κ1) is 15.9. The summed E-state index contributed by atoms with van der Waals surface area (Å²) < 4.78 is 40.0. The van der Waals surface area contributed by atoms with Crippen molar-refractivity contribution in [3.8, 4) is 0 Å². The third-order valence-electron chi connectivity index (χ3n) is 3.89. The number of hydrogen-bond donors (Lipinski definition) is 2. The molecule has 7 heteroatoms. The van der Waals surface area contributed by atoms with E-state index in [-0.39, 0.29) is 12.5 Å². The Morgan fingerprint density at radius 1 is 1.29 bits per heavy atom. The number of aliphatic carboxylic acids is 1. The van der Waals surface area contributed by atoms with Gasteiger partial charge in [0.05, 0.1) is 5.92 Å². The number of carboxylic acid groups (broad SMARTS) is 1. The van der Waals surface area contributed by atoms with E-state index in [1.54, 1.807) is 0 Å². The molecular weight excluding hydrogens is 297 g/mol. The van der Waals surface area contributed by atoms with Gasteiger partial charge >= 0.3 is 5.97 Å². The average Bonchev–Trinajstić information content (AvgIpc) is 2.45. The lowest BCUT2D eigenvalue weighted by Gasteiger charge is -2.28. The second-order valence-electron chi connectivity index (χ2n) is 5.27. The van der Waals surface area contributed by atoms with Gasteiger partial charge in [-0.15, -0.1) is 0 Å². The summed E-state index contributed by atoms with van der Waals surface area (Å²) in [6.07, 6.45) is 2.95. The molecular formula is C14H18FNO4S. The van der Waals surface area contributed by atoms with Gasteiger partial charge in [0.1, 0.15) is 10.7 Å². The summed E-state index contributed by atoms with van der Waals surface area (Å²) in [5.41, 5.74) is 0. The standard InChI is InChI=1S/C14H18FNO4S/c15-12-7-3-4-8-13(12)21(19,20)16-9-10-5-1-2-6-11(10)14(17)18/h3-4,7-8,10-11,16H,1-2,5-6,9H2,(H,17,18). The van der Waals surface area contributed by atoms with E-state index in [1.165, 1.54) is 18.2 Å². The van der Waals surface area contributed by atoms with Crippen LogP contribution in [0.25, 0.3) is 0 Å². The van der Waals surface area contributed by atoms with Crippen molar-refractivity contribution in [2.75, 3.05) is 6.54 Å². The molecule has 1 aliphatic carbocycles. The molecule has 2 N–H and O–H groups in total. The molecule has 0 spiro atoms. The molecule has 1 saturated carbocycles. The molecule has 0 heterocycles. The number of carbonyl (C=O) groups is 1. The Morgan fingerprint density at radius 3 is 2.62 bits per heavy atom. The van der Waals surface area contributed by atoms with Crippen LogP contribution >= 0.6 is 0 Å². The summed E-state index contributed by atoms with van der Waals surface area (Å²) in [7, 11) is -3.96. The lowest BCUT2D eigenvalue weighted by molar-refractivity contribution is -0.144. The first-order chi connectivity index (χ1) is 9.92. The summed E-state index contributed by atoms with van der Waals surface area (Å²) in [6, 6.07) is 5.12. The van der Waals surface area contributed by atoms with Crippen LogP contribution in [0.2, 0.25) is 0 Å². The fourth-order valence-corrected chi connectivity index (χ4v) is 3.91. The van der Waals surface area contributed by atoms with Crippen LogP contribution < -0.4 is 4.72 Å². The highest BCUT2D eigenvalue weighted by molar-refractivity contribution is 7.89. The van der Waals surface area contributed by atoms with Crippen molar-refractivity contribution in [1.82, 2.24) is 4.72 Å². The minimum absolute atomic E-state index is 0.0215. The molecule has 2 atom stereocenters. The molecule has 1 fully saturated rings. The predicted molar refractivity (Wildman–Crippen MR) is 74.7 cm³/mol. The highest BCUT2D eigenvalue weighted by Crippen LogP contribution is 2.30. The second-order valence-corrected chi connectivity index (χ2v) is 7.01. The molecule has 0 saturated heterocycles. The molecule has 1 aromatic carbocycles. The largest absolute Gasteiger partial charge is 0.481 e. The Hall–Kier alpha value is -1.47. The minimum atomic E-state index is -3.96. The molecule has 5 nitrogen and oxygen atoms in total. The van der Waals surface area contributed by atoms with Crippen LogP contribution in [0.15, 0.2) is 29.2 Å². The maximum Gasteiger partial charge on any atom is 0.306 e. The van der Waals surface area contributed by atoms with Crippen molar-refractivity contribution >= 4 is 16.0 Å². The van der Waals surface area contributed by atoms with Crippen LogP contribution in [0.4, 0.5) is 4.39 Å². The molecule has 21 heavy (non-hydrogen) atoms. The molecule has 2 unspecified atom stereocenters. The zero-order valence-electron chi connectivity index (χ0n) is 11.5. The van der Waals surface area contributed by atoms with E-state index in [9.17, 15) is 17.6 Å². The van der Waals surface area contributed by atoms with Gasteiger partial charge in [0.2, 0.25) is 10.0 Å². The van der Waals surface area contributed by atoms with E-state index in [2.05, 4.69) is 4.72 Å². The fraction of sp³-hybridized carbons (Fsp3) is 0.500. The maximum atomic E-state index is 13.5. The van der Waals surface area contributed by atoms with Crippen LogP contribution in [0, 0.1) is 17.7 Å². The Balaban J connectivity index is 2.08. The van der Waals surface area contributed by atoms with E-state index in [4.69, 9.17) is 5.11 Å². The van der Waals surface area contributed by atoms with Crippen LogP contribution in [-0.4, -0.2) is 26.0 Å². The van der Waals surface area contributed by atoms with Crippen molar-refractivity contribution in [3.05, 3.63) is 30.1 Å². The number of sulfonamides is 1. The third kappa shape index (κ3) is 3.79. The highest BCUT2D eigenvalue weighted by Gasteiger charge is 2.32. The minimum Gasteiger partial charge on any atom is -0.481 e. The summed E-state index contributed by atoms with van der Waals surface area (Å²) in [6.45, 7) is 0.0215. The second kappa shape index (κ2) is 6.53. The number of benzene rings is 1. The smallest absolute Gasteiger partial charge is 0.306 e. The van der Waals surface area contributed by atoms with Crippen molar-refractivity contribution < 1.29 is 22.7 Å². The van der Waals surface area contributed by atoms with E-state index < -0.39 is 32.6 Å². The molecule has 0 amide bonds. The number of hydrogen-bond acceptors (Lipinski definition) is 3. The average molecular weight is 315 g/mol. The van der Waals surface area contributed by atoms with Gasteiger partial charge in [0, 0.05) is 6.54 Å². The zero-order chi connectivity index (χ0) is 15.5. The normalized spacial score (nSPS) is 22.9. The molecule has 0 bridgehead atoms.